The van der Waals surface area contributed by atoms with Gasteiger partial charge in [-0.3, -0.25) is 0 Å². The van der Waals surface area contributed by atoms with E-state index < -0.39 is 0 Å². The quantitative estimate of drug-likeness (QED) is 0.800. The van der Waals surface area contributed by atoms with Crippen molar-refractivity contribution < 1.29 is 4.39 Å². The normalized spacial score (nSPS) is 10.6. The molecule has 5 nitrogen and oxygen atoms in total. The van der Waals surface area contributed by atoms with Gasteiger partial charge < -0.3 is 5.32 Å². The number of nitrogens with one attached hydrogen (secondary N) is 1. The maximum absolute atomic E-state index is 13.2. The van der Waals surface area contributed by atoms with Gasteiger partial charge in [0.25, 0.3) is 0 Å². The predicted molar refractivity (Wildman–Crippen MR) is 77.6 cm³/mol. The number of anilines is 1. The van der Waals surface area contributed by atoms with Crippen LogP contribution in [0.25, 0.3) is 5.69 Å². The van der Waals surface area contributed by atoms with Crippen LogP contribution in [0.1, 0.15) is 11.1 Å². The lowest BCUT2D eigenvalue weighted by molar-refractivity contribution is 0.625. The molecule has 1 N–H and O–H groups in total. The lowest BCUT2D eigenvalue weighted by atomic mass is 10.1. The first-order valence-corrected chi connectivity index (χ1v) is 6.55. The molecule has 0 radical (unpaired) electrons. The Balaban J connectivity index is 1.70. The first-order chi connectivity index (χ1) is 10.2. The van der Waals surface area contributed by atoms with Crippen molar-refractivity contribution in [2.45, 2.75) is 13.5 Å². The van der Waals surface area contributed by atoms with Crippen LogP contribution in [-0.2, 0) is 6.54 Å². The molecule has 0 saturated carbocycles. The van der Waals surface area contributed by atoms with Crippen molar-refractivity contribution in [1.82, 2.24) is 20.2 Å². The van der Waals surface area contributed by atoms with E-state index in [4.69, 9.17) is 0 Å². The molecule has 106 valence electrons. The van der Waals surface area contributed by atoms with Gasteiger partial charge >= 0.3 is 0 Å². The minimum absolute atomic E-state index is 0.216. The Morgan fingerprint density at radius 2 is 1.95 bits per heavy atom. The second kappa shape index (κ2) is 5.70. The molecule has 0 aliphatic carbocycles. The minimum atomic E-state index is -0.216. The molecule has 6 heteroatoms. The van der Waals surface area contributed by atoms with Crippen molar-refractivity contribution in [2.75, 3.05) is 5.32 Å². The number of halogens is 1. The van der Waals surface area contributed by atoms with Crippen LogP contribution in [0.5, 0.6) is 0 Å². The average Bonchev–Trinajstić information content (AvgIpc) is 3.03. The summed E-state index contributed by atoms with van der Waals surface area (Å²) >= 11 is 0. The van der Waals surface area contributed by atoms with Crippen molar-refractivity contribution in [3.63, 3.8) is 0 Å². The summed E-state index contributed by atoms with van der Waals surface area (Å²) in [7, 11) is 0. The van der Waals surface area contributed by atoms with Gasteiger partial charge in [0.2, 0.25) is 0 Å². The Labute approximate surface area is 121 Å². The van der Waals surface area contributed by atoms with Crippen molar-refractivity contribution in [2.24, 2.45) is 0 Å². The molecule has 0 fully saturated rings. The summed E-state index contributed by atoms with van der Waals surface area (Å²) in [6.45, 7) is 2.55. The van der Waals surface area contributed by atoms with Gasteiger partial charge in [-0.25, -0.2) is 9.07 Å². The highest BCUT2D eigenvalue weighted by molar-refractivity contribution is 5.49. The van der Waals surface area contributed by atoms with E-state index in [0.717, 1.165) is 22.5 Å². The summed E-state index contributed by atoms with van der Waals surface area (Å²) in [6.07, 6.45) is 1.54. The number of nitrogens with zero attached hydrogens (tertiary/aromatic N) is 4. The molecule has 0 amide bonds. The number of benzene rings is 2. The number of hydrogen-bond donors (Lipinski definition) is 1. The SMILES string of the molecule is Cc1ccc(F)cc1CNc1ccc(-n2cnnn2)cc1. The van der Waals surface area contributed by atoms with E-state index in [2.05, 4.69) is 20.8 Å². The van der Waals surface area contributed by atoms with Crippen molar-refractivity contribution >= 4 is 5.69 Å². The third kappa shape index (κ3) is 3.05. The lowest BCUT2D eigenvalue weighted by Crippen LogP contribution is -2.02. The summed E-state index contributed by atoms with van der Waals surface area (Å²) < 4.78 is 14.8. The van der Waals surface area contributed by atoms with Gasteiger partial charge in [-0.15, -0.1) is 5.10 Å². The Hall–Kier alpha value is -2.76. The van der Waals surface area contributed by atoms with Crippen LogP contribution in [0.15, 0.2) is 48.8 Å². The Morgan fingerprint density at radius 3 is 2.67 bits per heavy atom. The summed E-state index contributed by atoms with van der Waals surface area (Å²) in [5.41, 5.74) is 3.84. The van der Waals surface area contributed by atoms with Crippen LogP contribution < -0.4 is 5.32 Å². The predicted octanol–water partition coefficient (Wildman–Crippen LogP) is 2.72. The zero-order chi connectivity index (χ0) is 14.7. The van der Waals surface area contributed by atoms with Crippen LogP contribution in [0.3, 0.4) is 0 Å². The van der Waals surface area contributed by atoms with Crippen LogP contribution in [0, 0.1) is 12.7 Å². The highest BCUT2D eigenvalue weighted by atomic mass is 19.1. The topological polar surface area (TPSA) is 55.6 Å². The molecule has 0 unspecified atom stereocenters. The number of tetrazole rings is 1. The first-order valence-electron chi connectivity index (χ1n) is 6.55. The van der Waals surface area contributed by atoms with E-state index in [-0.39, 0.29) is 5.82 Å². The van der Waals surface area contributed by atoms with Crippen LogP contribution in [-0.4, -0.2) is 20.2 Å². The number of hydrogen-bond acceptors (Lipinski definition) is 4. The van der Waals surface area contributed by atoms with Gasteiger partial charge in [0.1, 0.15) is 12.1 Å². The van der Waals surface area contributed by atoms with E-state index >= 15 is 0 Å². The van der Waals surface area contributed by atoms with Crippen molar-refractivity contribution in [1.29, 1.82) is 0 Å². The van der Waals surface area contributed by atoms with Crippen molar-refractivity contribution in [3.05, 3.63) is 65.7 Å². The zero-order valence-corrected chi connectivity index (χ0v) is 11.5. The summed E-state index contributed by atoms with van der Waals surface area (Å²) in [4.78, 5) is 0. The highest BCUT2D eigenvalue weighted by Gasteiger charge is 2.02. The third-order valence-corrected chi connectivity index (χ3v) is 3.28. The summed E-state index contributed by atoms with van der Waals surface area (Å²) in [6, 6.07) is 12.5. The van der Waals surface area contributed by atoms with Crippen LogP contribution >= 0.6 is 0 Å². The molecule has 3 rings (SSSR count). The Morgan fingerprint density at radius 1 is 1.14 bits per heavy atom. The Kier molecular flexibility index (Phi) is 3.59. The van der Waals surface area contributed by atoms with Gasteiger partial charge in [0, 0.05) is 12.2 Å². The molecule has 2 aromatic carbocycles. The maximum Gasteiger partial charge on any atom is 0.143 e. The average molecular weight is 283 g/mol. The van der Waals surface area contributed by atoms with E-state index in [9.17, 15) is 4.39 Å². The third-order valence-electron chi connectivity index (χ3n) is 3.28. The van der Waals surface area contributed by atoms with E-state index in [1.807, 2.05) is 31.2 Å². The van der Waals surface area contributed by atoms with Gasteiger partial charge in [-0.05, 0) is 64.9 Å². The maximum atomic E-state index is 13.2. The molecule has 0 aliphatic rings. The standard InChI is InChI=1S/C15H14FN5/c1-11-2-3-13(16)8-12(11)9-17-14-4-6-15(7-5-14)21-10-18-19-20-21/h2-8,10,17H,9H2,1H3. The van der Waals surface area contributed by atoms with Crippen LogP contribution in [0.4, 0.5) is 10.1 Å². The molecule has 1 aromatic heterocycles. The molecule has 0 atom stereocenters. The molecule has 0 bridgehead atoms. The largest absolute Gasteiger partial charge is 0.381 e. The fourth-order valence-corrected chi connectivity index (χ4v) is 2.04. The molecule has 1 heterocycles. The minimum Gasteiger partial charge on any atom is -0.381 e. The van der Waals surface area contributed by atoms with E-state index in [1.165, 1.54) is 6.07 Å². The monoisotopic (exact) mass is 283 g/mol. The summed E-state index contributed by atoms with van der Waals surface area (Å²) in [5, 5.41) is 14.3. The Bertz CT molecular complexity index is 722. The second-order valence-electron chi connectivity index (χ2n) is 4.73. The van der Waals surface area contributed by atoms with Gasteiger partial charge in [0.15, 0.2) is 0 Å². The van der Waals surface area contributed by atoms with Gasteiger partial charge in [0.05, 0.1) is 5.69 Å². The molecule has 3 aromatic rings. The molecular formula is C15H14FN5. The molecule has 0 saturated heterocycles. The highest BCUT2D eigenvalue weighted by Crippen LogP contribution is 2.15. The van der Waals surface area contributed by atoms with Gasteiger partial charge in [-0.2, -0.15) is 0 Å². The molecule has 21 heavy (non-hydrogen) atoms. The molecular weight excluding hydrogens is 269 g/mol. The first kappa shape index (κ1) is 13.2. The molecule has 0 aliphatic heterocycles. The molecule has 0 spiro atoms. The fourth-order valence-electron chi connectivity index (χ4n) is 2.04. The number of aromatic nitrogens is 4. The number of rotatable bonds is 4. The van der Waals surface area contributed by atoms with E-state index in [0.29, 0.717) is 6.54 Å². The number of aryl methyl sites for hydroxylation is 1. The van der Waals surface area contributed by atoms with Crippen LogP contribution in [0.2, 0.25) is 0 Å². The zero-order valence-electron chi connectivity index (χ0n) is 11.5. The van der Waals surface area contributed by atoms with E-state index in [1.54, 1.807) is 23.1 Å². The van der Waals surface area contributed by atoms with Crippen molar-refractivity contribution in [3.8, 4) is 5.69 Å². The summed E-state index contributed by atoms with van der Waals surface area (Å²) in [5.74, 6) is -0.216. The fraction of sp³-hybridized carbons (Fsp3) is 0.133. The second-order valence-corrected chi connectivity index (χ2v) is 4.73. The van der Waals surface area contributed by atoms with Gasteiger partial charge in [-0.1, -0.05) is 6.07 Å². The lowest BCUT2D eigenvalue weighted by Gasteiger charge is -2.10. The smallest absolute Gasteiger partial charge is 0.143 e.